The average Bonchev–Trinajstić information content (AvgIpc) is 3.29. The Bertz CT molecular complexity index is 1010. The van der Waals surface area contributed by atoms with E-state index in [0.717, 1.165) is 30.9 Å². The largest absolute Gasteiger partial charge is 0.494 e. The second-order valence-corrected chi connectivity index (χ2v) is 7.65. The van der Waals surface area contributed by atoms with Crippen molar-refractivity contribution in [2.75, 3.05) is 32.8 Å². The summed E-state index contributed by atoms with van der Waals surface area (Å²) in [6.07, 6.45) is 0. The van der Waals surface area contributed by atoms with Gasteiger partial charge in [0, 0.05) is 32.7 Å². The first kappa shape index (κ1) is 21.9. The first-order chi connectivity index (χ1) is 15.6. The van der Waals surface area contributed by atoms with Crippen molar-refractivity contribution in [3.63, 3.8) is 0 Å². The number of carbonyl (C=O) groups is 1. The molecule has 0 aliphatic carbocycles. The van der Waals surface area contributed by atoms with Crippen molar-refractivity contribution in [3.05, 3.63) is 83.6 Å². The lowest BCUT2D eigenvalue weighted by atomic mass is 10.2. The first-order valence-corrected chi connectivity index (χ1v) is 10.8. The summed E-state index contributed by atoms with van der Waals surface area (Å²) < 4.78 is 29.9. The van der Waals surface area contributed by atoms with Crippen LogP contribution in [0.5, 0.6) is 11.5 Å². The lowest BCUT2D eigenvalue weighted by Gasteiger charge is -2.34. The van der Waals surface area contributed by atoms with Gasteiger partial charge in [-0.15, -0.1) is 0 Å². The fraction of sp³-hybridized carbons (Fsp3) is 0.320. The van der Waals surface area contributed by atoms with Gasteiger partial charge in [-0.3, -0.25) is 9.69 Å². The highest BCUT2D eigenvalue weighted by Crippen LogP contribution is 2.20. The molecule has 0 bridgehead atoms. The molecule has 2 heterocycles. The summed E-state index contributed by atoms with van der Waals surface area (Å²) in [5, 5.41) is 0. The smallest absolute Gasteiger partial charge is 0.289 e. The summed E-state index contributed by atoms with van der Waals surface area (Å²) >= 11 is 0. The van der Waals surface area contributed by atoms with Crippen LogP contribution in [0.1, 0.15) is 28.8 Å². The van der Waals surface area contributed by atoms with E-state index in [4.69, 9.17) is 13.9 Å². The number of benzene rings is 2. The summed E-state index contributed by atoms with van der Waals surface area (Å²) in [6.45, 7) is 6.32. The summed E-state index contributed by atoms with van der Waals surface area (Å²) in [6, 6.07) is 17.4. The number of nitrogens with zero attached hydrogens (tertiary/aromatic N) is 2. The van der Waals surface area contributed by atoms with E-state index in [1.807, 2.05) is 31.2 Å². The van der Waals surface area contributed by atoms with Gasteiger partial charge in [0.1, 0.15) is 29.7 Å². The summed E-state index contributed by atoms with van der Waals surface area (Å²) in [5.41, 5.74) is 1.06. The third-order valence-corrected chi connectivity index (χ3v) is 5.37. The summed E-state index contributed by atoms with van der Waals surface area (Å²) in [7, 11) is 0. The minimum absolute atomic E-state index is 0.112. The van der Waals surface area contributed by atoms with Crippen LogP contribution in [0.3, 0.4) is 0 Å². The molecule has 0 spiro atoms. The number of furan rings is 1. The molecule has 3 aromatic rings. The maximum Gasteiger partial charge on any atom is 0.289 e. The molecule has 4 rings (SSSR count). The van der Waals surface area contributed by atoms with Crippen LogP contribution in [-0.4, -0.2) is 48.5 Å². The van der Waals surface area contributed by atoms with Gasteiger partial charge < -0.3 is 18.8 Å². The zero-order valence-electron chi connectivity index (χ0n) is 18.1. The van der Waals surface area contributed by atoms with Crippen LogP contribution in [0.4, 0.5) is 4.39 Å². The predicted octanol–water partition coefficient (Wildman–Crippen LogP) is 4.35. The maximum absolute atomic E-state index is 13.1. The van der Waals surface area contributed by atoms with Crippen molar-refractivity contribution in [3.8, 4) is 11.5 Å². The molecular formula is C25H27FN2O4. The highest BCUT2D eigenvalue weighted by Gasteiger charge is 2.24. The van der Waals surface area contributed by atoms with Gasteiger partial charge in [0.2, 0.25) is 0 Å². The molecule has 32 heavy (non-hydrogen) atoms. The fourth-order valence-corrected chi connectivity index (χ4v) is 3.64. The van der Waals surface area contributed by atoms with Gasteiger partial charge in [-0.2, -0.15) is 0 Å². The number of hydrogen-bond acceptors (Lipinski definition) is 5. The van der Waals surface area contributed by atoms with E-state index in [2.05, 4.69) is 4.90 Å². The van der Waals surface area contributed by atoms with Crippen LogP contribution in [0.2, 0.25) is 0 Å². The molecule has 0 saturated carbocycles. The predicted molar refractivity (Wildman–Crippen MR) is 118 cm³/mol. The molecule has 0 unspecified atom stereocenters. The SMILES string of the molecule is CCOc1ccc(OCc2ccc(C(=O)N3CCN(Cc4ccc(F)cc4)CC3)o2)cc1. The fourth-order valence-electron chi connectivity index (χ4n) is 3.64. The Balaban J connectivity index is 1.25. The topological polar surface area (TPSA) is 55.2 Å². The Hall–Kier alpha value is -3.32. The molecule has 1 aromatic heterocycles. The Morgan fingerprint density at radius 2 is 1.56 bits per heavy atom. The van der Waals surface area contributed by atoms with Gasteiger partial charge in [-0.05, 0) is 61.0 Å². The highest BCUT2D eigenvalue weighted by molar-refractivity contribution is 5.91. The van der Waals surface area contributed by atoms with Crippen LogP contribution in [0.25, 0.3) is 0 Å². The van der Waals surface area contributed by atoms with Gasteiger partial charge in [-0.1, -0.05) is 12.1 Å². The van der Waals surface area contributed by atoms with Crippen LogP contribution < -0.4 is 9.47 Å². The average molecular weight is 438 g/mol. The first-order valence-electron chi connectivity index (χ1n) is 10.8. The number of carbonyl (C=O) groups excluding carboxylic acids is 1. The molecule has 1 fully saturated rings. The van der Waals surface area contributed by atoms with Crippen molar-refractivity contribution in [1.29, 1.82) is 0 Å². The molecule has 168 valence electrons. The number of rotatable bonds is 8. The molecule has 7 heteroatoms. The highest BCUT2D eigenvalue weighted by atomic mass is 19.1. The minimum atomic E-state index is -0.230. The summed E-state index contributed by atoms with van der Waals surface area (Å²) in [4.78, 5) is 16.9. The Morgan fingerprint density at radius 3 is 2.22 bits per heavy atom. The second kappa shape index (κ2) is 10.3. The zero-order chi connectivity index (χ0) is 22.3. The van der Waals surface area contributed by atoms with E-state index < -0.39 is 0 Å². The van der Waals surface area contributed by atoms with Gasteiger partial charge in [0.25, 0.3) is 5.91 Å². The van der Waals surface area contributed by atoms with E-state index in [9.17, 15) is 9.18 Å². The van der Waals surface area contributed by atoms with E-state index in [1.54, 1.807) is 29.2 Å². The molecule has 1 aliphatic heterocycles. The Kier molecular flexibility index (Phi) is 7.07. The standard InChI is InChI=1S/C25H27FN2O4/c1-2-30-21-7-9-22(10-8-21)31-18-23-11-12-24(32-23)25(29)28-15-13-27(14-16-28)17-19-3-5-20(26)6-4-19/h3-12H,2,13-18H2,1H3. The Labute approximate surface area is 187 Å². The van der Waals surface area contributed by atoms with E-state index in [0.29, 0.717) is 37.0 Å². The maximum atomic E-state index is 13.1. The zero-order valence-corrected chi connectivity index (χ0v) is 18.1. The minimum Gasteiger partial charge on any atom is -0.494 e. The molecule has 0 radical (unpaired) electrons. The molecule has 1 aliphatic rings. The lowest BCUT2D eigenvalue weighted by Crippen LogP contribution is -2.48. The number of piperazine rings is 1. The van der Waals surface area contributed by atoms with Crippen LogP contribution in [-0.2, 0) is 13.2 Å². The van der Waals surface area contributed by atoms with E-state index in [1.165, 1.54) is 12.1 Å². The number of amides is 1. The van der Waals surface area contributed by atoms with Gasteiger partial charge in [0.15, 0.2) is 5.76 Å². The van der Waals surface area contributed by atoms with Gasteiger partial charge in [0.05, 0.1) is 6.61 Å². The molecule has 1 amide bonds. The van der Waals surface area contributed by atoms with Crippen LogP contribution in [0, 0.1) is 5.82 Å². The number of hydrogen-bond donors (Lipinski definition) is 0. The monoisotopic (exact) mass is 438 g/mol. The Morgan fingerprint density at radius 1 is 0.906 bits per heavy atom. The van der Waals surface area contributed by atoms with Crippen molar-refractivity contribution >= 4 is 5.91 Å². The van der Waals surface area contributed by atoms with Crippen LogP contribution >= 0.6 is 0 Å². The molecule has 0 N–H and O–H groups in total. The van der Waals surface area contributed by atoms with Gasteiger partial charge in [-0.25, -0.2) is 4.39 Å². The van der Waals surface area contributed by atoms with Crippen molar-refractivity contribution in [2.24, 2.45) is 0 Å². The quantitative estimate of drug-likeness (QED) is 0.523. The molecule has 1 saturated heterocycles. The second-order valence-electron chi connectivity index (χ2n) is 7.65. The normalized spacial score (nSPS) is 14.4. The number of ether oxygens (including phenoxy) is 2. The third-order valence-electron chi connectivity index (χ3n) is 5.37. The molecule has 6 nitrogen and oxygen atoms in total. The lowest BCUT2D eigenvalue weighted by molar-refractivity contribution is 0.0594. The van der Waals surface area contributed by atoms with Crippen LogP contribution in [0.15, 0.2) is 65.1 Å². The van der Waals surface area contributed by atoms with E-state index in [-0.39, 0.29) is 18.3 Å². The molecular weight excluding hydrogens is 411 g/mol. The molecule has 0 atom stereocenters. The van der Waals surface area contributed by atoms with Gasteiger partial charge >= 0.3 is 0 Å². The van der Waals surface area contributed by atoms with E-state index >= 15 is 0 Å². The third kappa shape index (κ3) is 5.68. The van der Waals surface area contributed by atoms with Crippen molar-refractivity contribution in [1.82, 2.24) is 9.80 Å². The molecule has 2 aromatic carbocycles. The summed E-state index contributed by atoms with van der Waals surface area (Å²) in [5.74, 6) is 2.07. The number of halogens is 1. The van der Waals surface area contributed by atoms with Crippen molar-refractivity contribution < 1.29 is 23.1 Å². The van der Waals surface area contributed by atoms with Crippen molar-refractivity contribution in [2.45, 2.75) is 20.1 Å².